The fourth-order valence-corrected chi connectivity index (χ4v) is 2.05. The molecule has 5 nitrogen and oxygen atoms in total. The maximum absolute atomic E-state index is 11.7. The van der Waals surface area contributed by atoms with Gasteiger partial charge in [0.15, 0.2) is 0 Å². The summed E-state index contributed by atoms with van der Waals surface area (Å²) in [5.41, 5.74) is 5.88. The topological polar surface area (TPSA) is 78.6 Å². The van der Waals surface area contributed by atoms with Crippen LogP contribution in [0.5, 0.6) is 0 Å². The molecule has 0 aliphatic carbocycles. The number of carbonyl (C=O) groups excluding carboxylic acids is 2. The minimum absolute atomic E-state index is 0.0796. The van der Waals surface area contributed by atoms with Crippen LogP contribution in [0.15, 0.2) is 18.2 Å². The number of carbonyl (C=O) groups is 2. The molecule has 0 saturated carbocycles. The highest BCUT2D eigenvalue weighted by molar-refractivity contribution is 6.34. The lowest BCUT2D eigenvalue weighted by Crippen LogP contribution is -2.25. The van der Waals surface area contributed by atoms with Crippen molar-refractivity contribution in [3.8, 4) is 0 Å². The van der Waals surface area contributed by atoms with Crippen LogP contribution in [0.25, 0.3) is 0 Å². The predicted molar refractivity (Wildman–Crippen MR) is 84.5 cm³/mol. The van der Waals surface area contributed by atoms with E-state index in [2.05, 4.69) is 0 Å². The number of rotatable bonds is 5. The Morgan fingerprint density at radius 3 is 2.18 bits per heavy atom. The molecule has 0 bridgehead atoms. The molecule has 7 heteroatoms. The van der Waals surface area contributed by atoms with E-state index in [1.807, 2.05) is 0 Å². The molecule has 1 aromatic carbocycles. The van der Waals surface area contributed by atoms with Crippen LogP contribution in [0, 0.1) is 5.41 Å². The summed E-state index contributed by atoms with van der Waals surface area (Å²) in [5.74, 6) is -1.03. The molecule has 0 heterocycles. The number of hydrogen-bond donors (Lipinski definition) is 1. The Morgan fingerprint density at radius 2 is 1.68 bits per heavy atom. The van der Waals surface area contributed by atoms with Gasteiger partial charge in [-0.05, 0) is 44.5 Å². The van der Waals surface area contributed by atoms with Crippen LogP contribution >= 0.6 is 23.2 Å². The first-order valence-corrected chi connectivity index (χ1v) is 7.39. The summed E-state index contributed by atoms with van der Waals surface area (Å²) in [6.07, 6.45) is -0.0796. The van der Waals surface area contributed by atoms with Gasteiger partial charge in [0.05, 0.1) is 11.8 Å². The Kier molecular flexibility index (Phi) is 6.66. The monoisotopic (exact) mass is 347 g/mol. The molecule has 0 radical (unpaired) electrons. The largest absolute Gasteiger partial charge is 0.428 e. The Hall–Kier alpha value is -1.30. The highest BCUT2D eigenvalue weighted by atomic mass is 35.5. The van der Waals surface area contributed by atoms with Crippen molar-refractivity contribution in [1.29, 1.82) is 0 Å². The van der Waals surface area contributed by atoms with Crippen LogP contribution in [-0.2, 0) is 19.1 Å². The molecule has 0 amide bonds. The van der Waals surface area contributed by atoms with Gasteiger partial charge in [0.2, 0.25) is 6.79 Å². The Bertz CT molecular complexity index is 535. The summed E-state index contributed by atoms with van der Waals surface area (Å²) in [5, 5.41) is 0.871. The van der Waals surface area contributed by atoms with E-state index in [1.165, 1.54) is 0 Å². The Morgan fingerprint density at radius 1 is 1.14 bits per heavy atom. The summed E-state index contributed by atoms with van der Waals surface area (Å²) < 4.78 is 9.67. The van der Waals surface area contributed by atoms with Gasteiger partial charge in [0, 0.05) is 16.1 Å². The van der Waals surface area contributed by atoms with Gasteiger partial charge >= 0.3 is 11.9 Å². The second-order valence-corrected chi connectivity index (χ2v) is 6.70. The SMILES string of the molecule is CC(C)(C)C(=O)OCOC(=O)CC(N)c1cc(Cl)cc(Cl)c1. The smallest absolute Gasteiger partial charge is 0.314 e. The van der Waals surface area contributed by atoms with Crippen molar-refractivity contribution >= 4 is 35.1 Å². The third kappa shape index (κ3) is 6.22. The van der Waals surface area contributed by atoms with Gasteiger partial charge in [0.1, 0.15) is 0 Å². The molecule has 0 spiro atoms. The van der Waals surface area contributed by atoms with Gasteiger partial charge in [-0.1, -0.05) is 23.2 Å². The molecule has 2 N–H and O–H groups in total. The fraction of sp³-hybridized carbons (Fsp3) is 0.467. The summed E-state index contributed by atoms with van der Waals surface area (Å²) in [6.45, 7) is 4.68. The maximum atomic E-state index is 11.7. The molecule has 0 aliphatic heterocycles. The summed E-state index contributed by atoms with van der Waals surface area (Å²) in [7, 11) is 0. The molecular weight excluding hydrogens is 329 g/mol. The maximum Gasteiger partial charge on any atom is 0.314 e. The van der Waals surface area contributed by atoms with Crippen LogP contribution < -0.4 is 5.73 Å². The van der Waals surface area contributed by atoms with Crippen LogP contribution in [-0.4, -0.2) is 18.7 Å². The van der Waals surface area contributed by atoms with E-state index in [-0.39, 0.29) is 6.42 Å². The van der Waals surface area contributed by atoms with Crippen LogP contribution in [0.1, 0.15) is 38.8 Å². The fourth-order valence-electron chi connectivity index (χ4n) is 1.51. The number of ether oxygens (including phenoxy) is 2. The molecule has 1 atom stereocenters. The zero-order valence-corrected chi connectivity index (χ0v) is 14.2. The molecule has 0 saturated heterocycles. The first-order chi connectivity index (χ1) is 10.1. The van der Waals surface area contributed by atoms with Crippen LogP contribution in [0.2, 0.25) is 10.0 Å². The highest BCUT2D eigenvalue weighted by Crippen LogP contribution is 2.24. The zero-order valence-electron chi connectivity index (χ0n) is 12.7. The average molecular weight is 348 g/mol. The minimum Gasteiger partial charge on any atom is -0.428 e. The number of halogens is 2. The van der Waals surface area contributed by atoms with Crippen LogP contribution in [0.3, 0.4) is 0 Å². The third-order valence-corrected chi connectivity index (χ3v) is 3.16. The highest BCUT2D eigenvalue weighted by Gasteiger charge is 2.23. The summed E-state index contributed by atoms with van der Waals surface area (Å²) in [4.78, 5) is 23.2. The minimum atomic E-state index is -0.652. The van der Waals surface area contributed by atoms with E-state index in [0.29, 0.717) is 15.6 Å². The first kappa shape index (κ1) is 18.7. The summed E-state index contributed by atoms with van der Waals surface area (Å²) in [6, 6.07) is 4.22. The lowest BCUT2D eigenvalue weighted by Gasteiger charge is -2.17. The van der Waals surface area contributed by atoms with Gasteiger partial charge in [-0.2, -0.15) is 0 Å². The zero-order chi connectivity index (χ0) is 16.9. The van der Waals surface area contributed by atoms with Crippen molar-refractivity contribution in [2.24, 2.45) is 11.1 Å². The average Bonchev–Trinajstić information content (AvgIpc) is 2.36. The molecule has 0 aromatic heterocycles. The first-order valence-electron chi connectivity index (χ1n) is 6.64. The second-order valence-electron chi connectivity index (χ2n) is 5.83. The van der Waals surface area contributed by atoms with Crippen molar-refractivity contribution in [1.82, 2.24) is 0 Å². The van der Waals surface area contributed by atoms with Gasteiger partial charge in [-0.3, -0.25) is 9.59 Å². The summed E-state index contributed by atoms with van der Waals surface area (Å²) >= 11 is 11.8. The lowest BCUT2D eigenvalue weighted by molar-refractivity contribution is -0.173. The van der Waals surface area contributed by atoms with Gasteiger partial charge < -0.3 is 15.2 Å². The predicted octanol–water partition coefficient (Wildman–Crippen LogP) is 3.47. The van der Waals surface area contributed by atoms with E-state index in [1.54, 1.807) is 39.0 Å². The molecule has 0 fully saturated rings. The standard InChI is InChI=1S/C15H19Cl2NO4/c1-15(2,3)14(20)22-8-21-13(19)7-12(18)9-4-10(16)6-11(17)5-9/h4-6,12H,7-8,18H2,1-3H3. The number of hydrogen-bond acceptors (Lipinski definition) is 5. The van der Waals surface area contributed by atoms with Crippen molar-refractivity contribution in [3.63, 3.8) is 0 Å². The van der Waals surface area contributed by atoms with Crippen molar-refractivity contribution < 1.29 is 19.1 Å². The Labute approximate surface area is 139 Å². The molecular formula is C15H19Cl2NO4. The van der Waals surface area contributed by atoms with E-state index >= 15 is 0 Å². The Balaban J connectivity index is 2.46. The van der Waals surface area contributed by atoms with E-state index in [0.717, 1.165) is 0 Å². The quantitative estimate of drug-likeness (QED) is 0.651. The molecule has 22 heavy (non-hydrogen) atoms. The second kappa shape index (κ2) is 7.81. The molecule has 0 aliphatic rings. The van der Waals surface area contributed by atoms with E-state index in [4.69, 9.17) is 38.4 Å². The number of nitrogens with two attached hydrogens (primary N) is 1. The van der Waals surface area contributed by atoms with Gasteiger partial charge in [-0.15, -0.1) is 0 Å². The van der Waals surface area contributed by atoms with Gasteiger partial charge in [-0.25, -0.2) is 0 Å². The normalized spacial score (nSPS) is 12.6. The van der Waals surface area contributed by atoms with Crippen molar-refractivity contribution in [2.45, 2.75) is 33.2 Å². The molecule has 1 aromatic rings. The van der Waals surface area contributed by atoms with E-state index in [9.17, 15) is 9.59 Å². The molecule has 1 rings (SSSR count). The third-order valence-electron chi connectivity index (χ3n) is 2.72. The van der Waals surface area contributed by atoms with Crippen molar-refractivity contribution in [3.05, 3.63) is 33.8 Å². The molecule has 1 unspecified atom stereocenters. The van der Waals surface area contributed by atoms with Gasteiger partial charge in [0.25, 0.3) is 0 Å². The lowest BCUT2D eigenvalue weighted by atomic mass is 9.98. The van der Waals surface area contributed by atoms with E-state index < -0.39 is 30.2 Å². The van der Waals surface area contributed by atoms with Crippen LogP contribution in [0.4, 0.5) is 0 Å². The van der Waals surface area contributed by atoms with Crippen molar-refractivity contribution in [2.75, 3.05) is 6.79 Å². The number of esters is 2. The number of benzene rings is 1. The molecule has 122 valence electrons.